The average molecular weight is 320 g/mol. The van der Waals surface area contributed by atoms with Crippen LogP contribution in [0.5, 0.6) is 5.75 Å². The third-order valence-corrected chi connectivity index (χ3v) is 4.35. The molecule has 3 aromatic rings. The van der Waals surface area contributed by atoms with E-state index in [9.17, 15) is 0 Å². The maximum Gasteiger partial charge on any atom is 0.158 e. The van der Waals surface area contributed by atoms with Crippen molar-refractivity contribution in [1.82, 2.24) is 4.57 Å². The minimum absolute atomic E-state index is 0.0524. The van der Waals surface area contributed by atoms with E-state index in [2.05, 4.69) is 52.2 Å². The molecule has 0 radical (unpaired) electrons. The van der Waals surface area contributed by atoms with E-state index in [0.717, 1.165) is 35.8 Å². The Bertz CT molecular complexity index is 796. The van der Waals surface area contributed by atoms with Crippen LogP contribution in [-0.2, 0) is 4.74 Å². The summed E-state index contributed by atoms with van der Waals surface area (Å²) in [4.78, 5) is 2.28. The van der Waals surface area contributed by atoms with Gasteiger partial charge in [-0.1, -0.05) is 18.2 Å². The molecule has 1 saturated heterocycles. The Morgan fingerprint density at radius 1 is 0.958 bits per heavy atom. The summed E-state index contributed by atoms with van der Waals surface area (Å²) in [5.74, 6) is 0.866. The molecule has 0 spiro atoms. The first-order valence-corrected chi connectivity index (χ1v) is 8.11. The molecule has 4 rings (SSSR count). The van der Waals surface area contributed by atoms with Crippen LogP contribution in [0.3, 0.4) is 0 Å². The van der Waals surface area contributed by atoms with Crippen LogP contribution in [-0.4, -0.2) is 24.8 Å². The number of hydrogen-bond donors (Lipinski definition) is 0. The summed E-state index contributed by atoms with van der Waals surface area (Å²) in [5.41, 5.74) is 3.45. The van der Waals surface area contributed by atoms with Crippen LogP contribution in [0.15, 0.2) is 73.1 Å². The fraction of sp³-hybridized carbons (Fsp3) is 0.200. The number of anilines is 1. The summed E-state index contributed by atoms with van der Waals surface area (Å²) >= 11 is 0. The van der Waals surface area contributed by atoms with Gasteiger partial charge in [-0.05, 0) is 42.5 Å². The summed E-state index contributed by atoms with van der Waals surface area (Å²) < 4.78 is 13.4. The van der Waals surface area contributed by atoms with E-state index in [0.29, 0.717) is 0 Å². The van der Waals surface area contributed by atoms with Gasteiger partial charge in [0, 0.05) is 35.9 Å². The second-order valence-corrected chi connectivity index (χ2v) is 5.80. The SMILES string of the molecule is COc1ccc(N2CCO[C@H]2c2ccn(-c3ccccc3)c2)cc1. The van der Waals surface area contributed by atoms with Crippen LogP contribution >= 0.6 is 0 Å². The summed E-state index contributed by atoms with van der Waals surface area (Å²) in [6.45, 7) is 1.61. The van der Waals surface area contributed by atoms with Crippen molar-refractivity contribution in [3.05, 3.63) is 78.6 Å². The van der Waals surface area contributed by atoms with Gasteiger partial charge in [0.2, 0.25) is 0 Å². The second-order valence-electron chi connectivity index (χ2n) is 5.80. The number of para-hydroxylation sites is 1. The Morgan fingerprint density at radius 2 is 1.75 bits per heavy atom. The molecule has 24 heavy (non-hydrogen) atoms. The van der Waals surface area contributed by atoms with Crippen molar-refractivity contribution < 1.29 is 9.47 Å². The highest BCUT2D eigenvalue weighted by atomic mass is 16.5. The van der Waals surface area contributed by atoms with Crippen molar-refractivity contribution in [1.29, 1.82) is 0 Å². The third-order valence-electron chi connectivity index (χ3n) is 4.35. The van der Waals surface area contributed by atoms with Gasteiger partial charge in [-0.25, -0.2) is 0 Å². The number of aromatic nitrogens is 1. The Morgan fingerprint density at radius 3 is 2.50 bits per heavy atom. The topological polar surface area (TPSA) is 26.6 Å². The first-order valence-electron chi connectivity index (χ1n) is 8.11. The van der Waals surface area contributed by atoms with Gasteiger partial charge in [0.15, 0.2) is 6.23 Å². The number of methoxy groups -OCH3 is 1. The van der Waals surface area contributed by atoms with Gasteiger partial charge < -0.3 is 18.9 Å². The van der Waals surface area contributed by atoms with Gasteiger partial charge in [-0.15, -0.1) is 0 Å². The van der Waals surface area contributed by atoms with Gasteiger partial charge in [-0.2, -0.15) is 0 Å². The minimum atomic E-state index is -0.0524. The molecule has 1 fully saturated rings. The van der Waals surface area contributed by atoms with Gasteiger partial charge >= 0.3 is 0 Å². The molecule has 0 amide bonds. The molecule has 0 aliphatic carbocycles. The first-order chi connectivity index (χ1) is 11.8. The highest BCUT2D eigenvalue weighted by molar-refractivity contribution is 5.51. The van der Waals surface area contributed by atoms with E-state index in [4.69, 9.17) is 9.47 Å². The van der Waals surface area contributed by atoms with Crippen molar-refractivity contribution in [3.8, 4) is 11.4 Å². The van der Waals surface area contributed by atoms with Crippen LogP contribution in [0.1, 0.15) is 11.8 Å². The lowest BCUT2D eigenvalue weighted by Gasteiger charge is -2.24. The molecule has 122 valence electrons. The van der Waals surface area contributed by atoms with E-state index in [1.165, 1.54) is 0 Å². The molecule has 1 atom stereocenters. The summed E-state index contributed by atoms with van der Waals surface area (Å²) in [7, 11) is 1.68. The monoisotopic (exact) mass is 320 g/mol. The predicted octanol–water partition coefficient (Wildman–Crippen LogP) is 4.02. The van der Waals surface area contributed by atoms with Gasteiger partial charge in [0.25, 0.3) is 0 Å². The molecule has 0 saturated carbocycles. The summed E-state index contributed by atoms with van der Waals surface area (Å²) in [6, 6.07) is 20.6. The van der Waals surface area contributed by atoms with E-state index in [1.807, 2.05) is 30.3 Å². The van der Waals surface area contributed by atoms with E-state index in [-0.39, 0.29) is 6.23 Å². The zero-order chi connectivity index (χ0) is 16.4. The van der Waals surface area contributed by atoms with Crippen LogP contribution in [0.2, 0.25) is 0 Å². The van der Waals surface area contributed by atoms with Crippen molar-refractivity contribution in [2.24, 2.45) is 0 Å². The molecular weight excluding hydrogens is 300 g/mol. The highest BCUT2D eigenvalue weighted by Crippen LogP contribution is 2.33. The van der Waals surface area contributed by atoms with Gasteiger partial charge in [-0.3, -0.25) is 0 Å². The molecule has 1 aromatic heterocycles. The smallest absolute Gasteiger partial charge is 0.158 e. The third kappa shape index (κ3) is 2.76. The van der Waals surface area contributed by atoms with E-state index < -0.39 is 0 Å². The molecule has 2 aromatic carbocycles. The van der Waals surface area contributed by atoms with Crippen LogP contribution in [0.4, 0.5) is 5.69 Å². The Kier molecular flexibility index (Phi) is 3.97. The lowest BCUT2D eigenvalue weighted by atomic mass is 10.2. The predicted molar refractivity (Wildman–Crippen MR) is 94.8 cm³/mol. The number of hydrogen-bond acceptors (Lipinski definition) is 3. The second kappa shape index (κ2) is 6.42. The van der Waals surface area contributed by atoms with Crippen LogP contribution in [0.25, 0.3) is 5.69 Å². The Balaban J connectivity index is 1.60. The largest absolute Gasteiger partial charge is 0.497 e. The normalized spacial score (nSPS) is 17.2. The zero-order valence-corrected chi connectivity index (χ0v) is 13.6. The molecule has 0 N–H and O–H groups in total. The molecule has 0 bridgehead atoms. The first kappa shape index (κ1) is 14.8. The Labute approximate surface area is 141 Å². The van der Waals surface area contributed by atoms with Crippen molar-refractivity contribution in [2.75, 3.05) is 25.2 Å². The van der Waals surface area contributed by atoms with Crippen molar-refractivity contribution in [3.63, 3.8) is 0 Å². The van der Waals surface area contributed by atoms with Crippen LogP contribution < -0.4 is 9.64 Å². The van der Waals surface area contributed by atoms with Crippen molar-refractivity contribution in [2.45, 2.75) is 6.23 Å². The quantitative estimate of drug-likeness (QED) is 0.726. The molecule has 4 nitrogen and oxygen atoms in total. The summed E-state index contributed by atoms with van der Waals surface area (Å²) in [5, 5.41) is 0. The molecule has 4 heteroatoms. The van der Waals surface area contributed by atoms with E-state index in [1.54, 1.807) is 7.11 Å². The summed E-state index contributed by atoms with van der Waals surface area (Å²) in [6.07, 6.45) is 4.17. The lowest BCUT2D eigenvalue weighted by molar-refractivity contribution is 0.114. The number of benzene rings is 2. The number of ether oxygens (including phenoxy) is 2. The van der Waals surface area contributed by atoms with Gasteiger partial charge in [0.05, 0.1) is 13.7 Å². The fourth-order valence-electron chi connectivity index (χ4n) is 3.10. The maximum absolute atomic E-state index is 5.99. The molecule has 1 aliphatic rings. The maximum atomic E-state index is 5.99. The number of rotatable bonds is 4. The lowest BCUT2D eigenvalue weighted by Crippen LogP contribution is -2.22. The zero-order valence-electron chi connectivity index (χ0n) is 13.6. The number of nitrogens with zero attached hydrogens (tertiary/aromatic N) is 2. The highest BCUT2D eigenvalue weighted by Gasteiger charge is 2.27. The van der Waals surface area contributed by atoms with Crippen molar-refractivity contribution >= 4 is 5.69 Å². The molecular formula is C20H20N2O2. The molecule has 1 aliphatic heterocycles. The standard InChI is InChI=1S/C20H20N2O2/c1-23-19-9-7-18(8-10-19)22-13-14-24-20(22)16-11-12-21(15-16)17-5-3-2-4-6-17/h2-12,15,20H,13-14H2,1H3/t20-/m0/s1. The fourth-order valence-corrected chi connectivity index (χ4v) is 3.10. The van der Waals surface area contributed by atoms with Gasteiger partial charge in [0.1, 0.15) is 5.75 Å². The van der Waals surface area contributed by atoms with Crippen LogP contribution in [0, 0.1) is 0 Å². The van der Waals surface area contributed by atoms with E-state index >= 15 is 0 Å². The minimum Gasteiger partial charge on any atom is -0.497 e. The Hall–Kier alpha value is -2.72. The molecule has 2 heterocycles. The molecule has 0 unspecified atom stereocenters. The average Bonchev–Trinajstić information content (AvgIpc) is 3.32.